The van der Waals surface area contributed by atoms with Crippen LogP contribution in [0.2, 0.25) is 0 Å². The Bertz CT molecular complexity index is 465. The zero-order valence-electron chi connectivity index (χ0n) is 11.9. The second kappa shape index (κ2) is 3.71. The number of rotatable bonds is 2. The molecule has 5 nitrogen and oxygen atoms in total. The van der Waals surface area contributed by atoms with E-state index in [1.807, 2.05) is 27.7 Å². The number of aromatic nitrogens is 2. The van der Waals surface area contributed by atoms with Gasteiger partial charge < -0.3 is 14.6 Å². The molecule has 1 aliphatic heterocycles. The minimum absolute atomic E-state index is 0.381. The molecule has 102 valence electrons. The van der Waals surface area contributed by atoms with Gasteiger partial charge in [-0.1, -0.05) is 0 Å². The summed E-state index contributed by atoms with van der Waals surface area (Å²) in [6, 6.07) is 0. The third-order valence-electron chi connectivity index (χ3n) is 3.73. The van der Waals surface area contributed by atoms with E-state index in [4.69, 9.17) is 9.47 Å². The molecule has 0 bridgehead atoms. The summed E-state index contributed by atoms with van der Waals surface area (Å²) in [7, 11) is 3.38. The van der Waals surface area contributed by atoms with E-state index in [2.05, 4.69) is 5.10 Å². The van der Waals surface area contributed by atoms with Crippen LogP contribution >= 0.6 is 0 Å². The molecule has 0 radical (unpaired) electrons. The van der Waals surface area contributed by atoms with E-state index >= 15 is 0 Å². The molecule has 1 saturated heterocycles. The van der Waals surface area contributed by atoms with Gasteiger partial charge in [-0.05, 0) is 27.7 Å². The van der Waals surface area contributed by atoms with E-state index in [0.717, 1.165) is 0 Å². The van der Waals surface area contributed by atoms with E-state index in [1.54, 1.807) is 25.0 Å². The monoisotopic (exact) mass is 254 g/mol. The van der Waals surface area contributed by atoms with E-state index in [9.17, 15) is 5.11 Å². The standard InChI is InChI=1S/C13H22N2O3/c1-11(2)8-13(16,12(3,4)18-11)10-9(17-6)7-14-15(10)5/h7,16H,8H2,1-6H3. The van der Waals surface area contributed by atoms with Crippen molar-refractivity contribution in [3.63, 3.8) is 0 Å². The van der Waals surface area contributed by atoms with Crippen LogP contribution in [0.15, 0.2) is 6.20 Å². The molecule has 1 N–H and O–H groups in total. The van der Waals surface area contributed by atoms with Crippen molar-refractivity contribution in [2.75, 3.05) is 7.11 Å². The highest BCUT2D eigenvalue weighted by Crippen LogP contribution is 2.52. The smallest absolute Gasteiger partial charge is 0.163 e. The first-order valence-corrected chi connectivity index (χ1v) is 6.12. The maximum Gasteiger partial charge on any atom is 0.163 e. The molecule has 2 rings (SSSR count). The number of aryl methyl sites for hydroxylation is 1. The van der Waals surface area contributed by atoms with Gasteiger partial charge in [-0.3, -0.25) is 4.68 Å². The summed E-state index contributed by atoms with van der Waals surface area (Å²) in [5, 5.41) is 15.3. The van der Waals surface area contributed by atoms with Crippen molar-refractivity contribution in [2.45, 2.75) is 50.9 Å². The zero-order valence-corrected chi connectivity index (χ0v) is 11.9. The number of nitrogens with zero attached hydrogens (tertiary/aromatic N) is 2. The third-order valence-corrected chi connectivity index (χ3v) is 3.73. The van der Waals surface area contributed by atoms with Gasteiger partial charge in [0.15, 0.2) is 5.75 Å². The van der Waals surface area contributed by atoms with E-state index in [0.29, 0.717) is 17.9 Å². The second-order valence-electron chi connectivity index (χ2n) is 6.09. The van der Waals surface area contributed by atoms with Crippen LogP contribution in [0.1, 0.15) is 39.8 Å². The molecule has 1 unspecified atom stereocenters. The van der Waals surface area contributed by atoms with Crippen LogP contribution in [0, 0.1) is 0 Å². The Kier molecular flexibility index (Phi) is 2.76. The maximum atomic E-state index is 11.1. The van der Waals surface area contributed by atoms with Gasteiger partial charge in [0.25, 0.3) is 0 Å². The minimum Gasteiger partial charge on any atom is -0.493 e. The van der Waals surface area contributed by atoms with Crippen LogP contribution in [0.5, 0.6) is 5.75 Å². The summed E-state index contributed by atoms with van der Waals surface area (Å²) in [4.78, 5) is 0. The predicted molar refractivity (Wildman–Crippen MR) is 67.5 cm³/mol. The van der Waals surface area contributed by atoms with E-state index in [1.165, 1.54) is 0 Å². The lowest BCUT2D eigenvalue weighted by atomic mass is 9.79. The Hall–Kier alpha value is -1.07. The fraction of sp³-hybridized carbons (Fsp3) is 0.769. The summed E-state index contributed by atoms with van der Waals surface area (Å²) >= 11 is 0. The van der Waals surface area contributed by atoms with Crippen molar-refractivity contribution in [3.05, 3.63) is 11.9 Å². The van der Waals surface area contributed by atoms with Crippen molar-refractivity contribution in [1.82, 2.24) is 9.78 Å². The minimum atomic E-state index is -1.12. The van der Waals surface area contributed by atoms with Crippen molar-refractivity contribution in [3.8, 4) is 5.75 Å². The first-order chi connectivity index (χ1) is 8.13. The van der Waals surface area contributed by atoms with Gasteiger partial charge in [-0.2, -0.15) is 5.10 Å². The molecule has 18 heavy (non-hydrogen) atoms. The maximum absolute atomic E-state index is 11.1. The molecule has 0 saturated carbocycles. The zero-order chi connectivity index (χ0) is 13.8. The molecule has 1 aromatic rings. The predicted octanol–water partition coefficient (Wildman–Crippen LogP) is 1.59. The fourth-order valence-corrected chi connectivity index (χ4v) is 3.05. The van der Waals surface area contributed by atoms with Crippen LogP contribution in [0.3, 0.4) is 0 Å². The number of ether oxygens (including phenoxy) is 2. The highest BCUT2D eigenvalue weighted by Gasteiger charge is 2.59. The summed E-state index contributed by atoms with van der Waals surface area (Å²) in [5.74, 6) is 0.592. The van der Waals surface area contributed by atoms with Crippen molar-refractivity contribution in [2.24, 2.45) is 7.05 Å². The van der Waals surface area contributed by atoms with Crippen LogP contribution in [0.25, 0.3) is 0 Å². The molecule has 2 heterocycles. The topological polar surface area (TPSA) is 56.5 Å². The lowest BCUT2D eigenvalue weighted by Gasteiger charge is -2.35. The van der Waals surface area contributed by atoms with Gasteiger partial charge >= 0.3 is 0 Å². The van der Waals surface area contributed by atoms with Gasteiger partial charge in [0, 0.05) is 13.5 Å². The largest absolute Gasteiger partial charge is 0.493 e. The Morgan fingerprint density at radius 1 is 1.39 bits per heavy atom. The van der Waals surface area contributed by atoms with Crippen LogP contribution in [0.4, 0.5) is 0 Å². The molecule has 0 aromatic carbocycles. The summed E-state index contributed by atoms with van der Waals surface area (Å²) in [5.41, 5.74) is -1.53. The molecule has 5 heteroatoms. The Labute approximate surface area is 108 Å². The highest BCUT2D eigenvalue weighted by molar-refractivity contribution is 5.35. The number of methoxy groups -OCH3 is 1. The fourth-order valence-electron chi connectivity index (χ4n) is 3.05. The Morgan fingerprint density at radius 3 is 2.44 bits per heavy atom. The molecule has 1 atom stereocenters. The number of hydrogen-bond donors (Lipinski definition) is 1. The molecule has 1 fully saturated rings. The van der Waals surface area contributed by atoms with Crippen molar-refractivity contribution < 1.29 is 14.6 Å². The van der Waals surface area contributed by atoms with Crippen LogP contribution in [-0.4, -0.2) is 33.2 Å². The molecule has 0 spiro atoms. The molecule has 1 aromatic heterocycles. The van der Waals surface area contributed by atoms with E-state index in [-0.39, 0.29) is 5.60 Å². The first-order valence-electron chi connectivity index (χ1n) is 6.12. The van der Waals surface area contributed by atoms with Gasteiger partial charge in [0.2, 0.25) is 0 Å². The molecular weight excluding hydrogens is 232 g/mol. The molecular formula is C13H22N2O3. The SMILES string of the molecule is COc1cnn(C)c1C1(O)CC(C)(C)OC1(C)C. The first kappa shape index (κ1) is 13.4. The average Bonchev–Trinajstić information content (AvgIpc) is 2.63. The molecule has 0 amide bonds. The van der Waals surface area contributed by atoms with Crippen LogP contribution in [-0.2, 0) is 17.4 Å². The third kappa shape index (κ3) is 1.73. The lowest BCUT2D eigenvalue weighted by Crippen LogP contribution is -2.45. The summed E-state index contributed by atoms with van der Waals surface area (Å²) in [6.45, 7) is 7.76. The van der Waals surface area contributed by atoms with Gasteiger partial charge in [0.05, 0.1) is 24.5 Å². The molecule has 1 aliphatic rings. The second-order valence-corrected chi connectivity index (χ2v) is 6.09. The van der Waals surface area contributed by atoms with Crippen molar-refractivity contribution in [1.29, 1.82) is 0 Å². The normalized spacial score (nSPS) is 29.5. The van der Waals surface area contributed by atoms with Crippen molar-refractivity contribution >= 4 is 0 Å². The van der Waals surface area contributed by atoms with Crippen LogP contribution < -0.4 is 4.74 Å². The van der Waals surface area contributed by atoms with Gasteiger partial charge in [0.1, 0.15) is 11.3 Å². The van der Waals surface area contributed by atoms with Gasteiger partial charge in [-0.15, -0.1) is 0 Å². The Balaban J connectivity index is 2.58. The van der Waals surface area contributed by atoms with Gasteiger partial charge in [-0.25, -0.2) is 0 Å². The van der Waals surface area contributed by atoms with E-state index < -0.39 is 11.2 Å². The summed E-state index contributed by atoms with van der Waals surface area (Å²) in [6.07, 6.45) is 2.12. The lowest BCUT2D eigenvalue weighted by molar-refractivity contribution is -0.133. The number of hydrogen-bond acceptors (Lipinski definition) is 4. The number of aliphatic hydroxyl groups is 1. The Morgan fingerprint density at radius 2 is 2.00 bits per heavy atom. The highest BCUT2D eigenvalue weighted by atomic mass is 16.6. The molecule has 0 aliphatic carbocycles. The average molecular weight is 254 g/mol. The quantitative estimate of drug-likeness (QED) is 0.871. The summed E-state index contributed by atoms with van der Waals surface area (Å²) < 4.78 is 12.9.